The number of benzene rings is 2. The van der Waals surface area contributed by atoms with Crippen molar-refractivity contribution in [3.05, 3.63) is 66.2 Å². The van der Waals surface area contributed by atoms with Crippen molar-refractivity contribution in [1.82, 2.24) is 4.90 Å². The molecule has 2 rings (SSSR count). The Morgan fingerprint density at radius 2 is 1.62 bits per heavy atom. The van der Waals surface area contributed by atoms with Gasteiger partial charge < -0.3 is 10.2 Å². The number of amides is 2. The van der Waals surface area contributed by atoms with Crippen molar-refractivity contribution in [1.29, 1.82) is 0 Å². The molecular weight excluding hydrogens is 320 g/mol. The number of para-hydroxylation sites is 1. The minimum absolute atomic E-state index is 0.173. The second-order valence-electron chi connectivity index (χ2n) is 5.84. The summed E-state index contributed by atoms with van der Waals surface area (Å²) in [5.41, 5.74) is 1.83. The molecule has 3 nitrogen and oxygen atoms in total. The molecule has 0 heterocycles. The quantitative estimate of drug-likeness (QED) is 0.585. The molecule has 2 aromatic carbocycles. The lowest BCUT2D eigenvalue weighted by Crippen LogP contribution is -2.34. The van der Waals surface area contributed by atoms with E-state index in [9.17, 15) is 4.79 Å². The predicted octanol–water partition coefficient (Wildman–Crippen LogP) is 4.92. The van der Waals surface area contributed by atoms with E-state index in [1.165, 1.54) is 0 Å². The van der Waals surface area contributed by atoms with E-state index in [-0.39, 0.29) is 6.03 Å². The van der Waals surface area contributed by atoms with E-state index in [1.54, 1.807) is 4.90 Å². The van der Waals surface area contributed by atoms with E-state index in [0.29, 0.717) is 13.1 Å². The highest BCUT2D eigenvalue weighted by Crippen LogP contribution is 2.09. The number of nitrogens with zero attached hydrogens (tertiary/aromatic N) is 1. The van der Waals surface area contributed by atoms with Gasteiger partial charge in [-0.2, -0.15) is 0 Å². The summed E-state index contributed by atoms with van der Waals surface area (Å²) in [6.07, 6.45) is 3.09. The van der Waals surface area contributed by atoms with Crippen LogP contribution in [0, 0.1) is 23.7 Å². The van der Waals surface area contributed by atoms with Crippen molar-refractivity contribution in [2.24, 2.45) is 0 Å². The molecular formula is C23H24N2O. The summed E-state index contributed by atoms with van der Waals surface area (Å²) >= 11 is 0. The van der Waals surface area contributed by atoms with Crippen LogP contribution in [0.25, 0.3) is 0 Å². The molecule has 3 heteroatoms. The number of carbonyl (C=O) groups is 1. The number of nitrogens with one attached hydrogen (secondary N) is 1. The highest BCUT2D eigenvalue weighted by atomic mass is 16.2. The molecule has 0 atom stereocenters. The lowest BCUT2D eigenvalue weighted by molar-refractivity contribution is 0.216. The van der Waals surface area contributed by atoms with Crippen molar-refractivity contribution in [3.63, 3.8) is 0 Å². The number of hydrogen-bond donors (Lipinski definition) is 1. The smallest absolute Gasteiger partial charge is 0.309 e. The summed E-state index contributed by atoms with van der Waals surface area (Å²) in [7, 11) is 0. The lowest BCUT2D eigenvalue weighted by Gasteiger charge is -2.21. The molecule has 26 heavy (non-hydrogen) atoms. The van der Waals surface area contributed by atoms with Gasteiger partial charge in [0.1, 0.15) is 0 Å². The molecule has 0 saturated heterocycles. The number of urea groups is 1. The average molecular weight is 344 g/mol. The average Bonchev–Trinajstić information content (AvgIpc) is 2.68. The lowest BCUT2D eigenvalue weighted by atomic mass is 10.2. The van der Waals surface area contributed by atoms with Crippen molar-refractivity contribution in [2.75, 3.05) is 11.9 Å². The monoisotopic (exact) mass is 344 g/mol. The van der Waals surface area contributed by atoms with E-state index in [4.69, 9.17) is 0 Å². The molecule has 0 spiro atoms. The normalized spacial score (nSPS) is 9.27. The summed E-state index contributed by atoms with van der Waals surface area (Å²) in [6.45, 7) is 2.97. The molecule has 2 aromatic rings. The van der Waals surface area contributed by atoms with Gasteiger partial charge in [0.2, 0.25) is 0 Å². The third-order valence-corrected chi connectivity index (χ3v) is 3.69. The summed E-state index contributed by atoms with van der Waals surface area (Å²) < 4.78 is 0. The molecule has 0 saturated carbocycles. The number of unbranched alkanes of at least 4 members (excludes halogenated alkanes) is 2. The number of carbonyl (C=O) groups excluding carboxylic acids is 1. The molecule has 0 aliphatic heterocycles. The second-order valence-corrected chi connectivity index (χ2v) is 5.84. The molecule has 1 N–H and O–H groups in total. The van der Waals surface area contributed by atoms with Crippen molar-refractivity contribution in [3.8, 4) is 23.7 Å². The van der Waals surface area contributed by atoms with Crippen LogP contribution in [0.3, 0.4) is 0 Å². The van der Waals surface area contributed by atoms with Crippen LogP contribution >= 0.6 is 0 Å². The fourth-order valence-electron chi connectivity index (χ4n) is 2.28. The Labute approximate surface area is 156 Å². The Hall–Kier alpha value is -3.17. The van der Waals surface area contributed by atoms with Crippen molar-refractivity contribution in [2.45, 2.75) is 32.7 Å². The standard InChI is InChI=1S/C23H24N2O/c1-2-3-4-5-6-7-14-19-25(20-21-15-10-8-11-16-21)23(26)24-22-17-12-9-13-18-22/h8-13,15-18H,2-4,19-20H2,1H3,(H,24,26). The van der Waals surface area contributed by atoms with Crippen LogP contribution < -0.4 is 5.32 Å². The van der Waals surface area contributed by atoms with E-state index in [0.717, 1.165) is 30.5 Å². The van der Waals surface area contributed by atoms with Gasteiger partial charge in [0, 0.05) is 18.7 Å². The third-order valence-electron chi connectivity index (χ3n) is 3.69. The fourth-order valence-corrected chi connectivity index (χ4v) is 2.28. The number of anilines is 1. The van der Waals surface area contributed by atoms with Gasteiger partial charge in [0.15, 0.2) is 0 Å². The Kier molecular flexibility index (Phi) is 8.40. The largest absolute Gasteiger partial charge is 0.322 e. The predicted molar refractivity (Wildman–Crippen MR) is 107 cm³/mol. The fraction of sp³-hybridized carbons (Fsp3) is 0.261. The van der Waals surface area contributed by atoms with Gasteiger partial charge in [-0.05, 0) is 36.0 Å². The van der Waals surface area contributed by atoms with Gasteiger partial charge in [-0.1, -0.05) is 73.7 Å². The van der Waals surface area contributed by atoms with Gasteiger partial charge in [-0.3, -0.25) is 0 Å². The SMILES string of the molecule is CCCCC#CC#CCN(Cc1ccccc1)C(=O)Nc1ccccc1. The van der Waals surface area contributed by atoms with E-state index >= 15 is 0 Å². The maximum absolute atomic E-state index is 12.6. The Morgan fingerprint density at radius 3 is 2.31 bits per heavy atom. The summed E-state index contributed by atoms with van der Waals surface area (Å²) in [6, 6.07) is 19.2. The topological polar surface area (TPSA) is 32.3 Å². The number of hydrogen-bond acceptors (Lipinski definition) is 1. The van der Waals surface area contributed by atoms with Crippen LogP contribution in [-0.4, -0.2) is 17.5 Å². The van der Waals surface area contributed by atoms with Gasteiger partial charge in [-0.15, -0.1) is 0 Å². The molecule has 0 aliphatic carbocycles. The zero-order valence-electron chi connectivity index (χ0n) is 15.2. The first-order chi connectivity index (χ1) is 12.8. The van der Waals surface area contributed by atoms with Crippen LogP contribution in [0.2, 0.25) is 0 Å². The van der Waals surface area contributed by atoms with Gasteiger partial charge in [-0.25, -0.2) is 4.79 Å². The molecule has 0 aromatic heterocycles. The zero-order valence-corrected chi connectivity index (χ0v) is 15.2. The molecule has 132 valence electrons. The van der Waals surface area contributed by atoms with Crippen LogP contribution in [0.5, 0.6) is 0 Å². The first kappa shape index (κ1) is 19.2. The minimum atomic E-state index is -0.173. The molecule has 0 bridgehead atoms. The first-order valence-corrected chi connectivity index (χ1v) is 8.90. The van der Waals surface area contributed by atoms with Crippen LogP contribution in [0.4, 0.5) is 10.5 Å². The number of rotatable bonds is 6. The second kappa shape index (κ2) is 11.4. The molecule has 0 radical (unpaired) electrons. The summed E-state index contributed by atoms with van der Waals surface area (Å²) in [5, 5.41) is 2.91. The molecule has 0 fully saturated rings. The highest BCUT2D eigenvalue weighted by molar-refractivity contribution is 5.89. The Morgan fingerprint density at radius 1 is 0.962 bits per heavy atom. The zero-order chi connectivity index (χ0) is 18.5. The van der Waals surface area contributed by atoms with Gasteiger partial charge in [0.05, 0.1) is 6.54 Å². The van der Waals surface area contributed by atoms with Crippen LogP contribution in [-0.2, 0) is 6.54 Å². The summed E-state index contributed by atoms with van der Waals surface area (Å²) in [4.78, 5) is 14.3. The van der Waals surface area contributed by atoms with Gasteiger partial charge in [0.25, 0.3) is 0 Å². The van der Waals surface area contributed by atoms with Gasteiger partial charge >= 0.3 is 6.03 Å². The van der Waals surface area contributed by atoms with E-state index < -0.39 is 0 Å². The van der Waals surface area contributed by atoms with Crippen molar-refractivity contribution >= 4 is 11.7 Å². The summed E-state index contributed by atoms with van der Waals surface area (Å²) in [5.74, 6) is 11.7. The Bertz CT molecular complexity index is 792. The Balaban J connectivity index is 2.02. The van der Waals surface area contributed by atoms with E-state index in [2.05, 4.69) is 35.9 Å². The maximum atomic E-state index is 12.6. The molecule has 0 aliphatic rings. The minimum Gasteiger partial charge on any atom is -0.309 e. The third kappa shape index (κ3) is 7.16. The van der Waals surface area contributed by atoms with Crippen LogP contribution in [0.15, 0.2) is 60.7 Å². The molecule has 2 amide bonds. The van der Waals surface area contributed by atoms with Crippen LogP contribution in [0.1, 0.15) is 31.7 Å². The first-order valence-electron chi connectivity index (χ1n) is 8.90. The maximum Gasteiger partial charge on any atom is 0.322 e. The molecule has 0 unspecified atom stereocenters. The van der Waals surface area contributed by atoms with E-state index in [1.807, 2.05) is 60.7 Å². The highest BCUT2D eigenvalue weighted by Gasteiger charge is 2.13. The van der Waals surface area contributed by atoms with Crippen molar-refractivity contribution < 1.29 is 4.79 Å².